The number of rotatable bonds is 7. The minimum absolute atomic E-state index is 0.0777. The molecule has 0 spiro atoms. The van der Waals surface area contributed by atoms with Gasteiger partial charge in [-0.1, -0.05) is 72.8 Å². The third-order valence-electron chi connectivity index (χ3n) is 7.25. The second kappa shape index (κ2) is 10.6. The highest BCUT2D eigenvalue weighted by Gasteiger charge is 2.33. The Morgan fingerprint density at radius 1 is 0.972 bits per heavy atom. The number of carbonyl (C=O) groups is 2. The average molecular weight is 499 g/mol. The maximum absolute atomic E-state index is 13.3. The maximum atomic E-state index is 13.3. The molecule has 1 aromatic heterocycles. The first-order valence-electron chi connectivity index (χ1n) is 12.4. The molecule has 3 aromatic carbocycles. The van der Waals surface area contributed by atoms with Gasteiger partial charge in [0.25, 0.3) is 5.91 Å². The second-order valence-corrected chi connectivity index (χ2v) is 10.6. The summed E-state index contributed by atoms with van der Waals surface area (Å²) in [6.07, 6.45) is 0.877. The summed E-state index contributed by atoms with van der Waals surface area (Å²) in [7, 11) is 0. The van der Waals surface area contributed by atoms with Gasteiger partial charge < -0.3 is 15.3 Å². The fourth-order valence-electron chi connectivity index (χ4n) is 5.35. The number of hydrogen-bond acceptors (Lipinski definition) is 4. The molecular formula is C30H30N2O3S. The molecule has 6 heteroatoms. The molecule has 2 unspecified atom stereocenters. The van der Waals surface area contributed by atoms with E-state index < -0.39 is 5.97 Å². The molecule has 5 nitrogen and oxygen atoms in total. The Balaban J connectivity index is 1.35. The molecule has 1 aliphatic rings. The number of carboxylic acid groups (broad SMARTS) is 1. The van der Waals surface area contributed by atoms with E-state index in [4.69, 9.17) is 0 Å². The van der Waals surface area contributed by atoms with Crippen LogP contribution in [0.5, 0.6) is 0 Å². The lowest BCUT2D eigenvalue weighted by molar-refractivity contribution is 0.0650. The van der Waals surface area contributed by atoms with Crippen molar-refractivity contribution in [1.82, 2.24) is 10.2 Å². The molecular weight excluding hydrogens is 468 g/mol. The van der Waals surface area contributed by atoms with Gasteiger partial charge in [-0.25, -0.2) is 4.79 Å². The number of aromatic carboxylic acids is 1. The zero-order valence-electron chi connectivity index (χ0n) is 20.3. The number of nitrogens with zero attached hydrogens (tertiary/aromatic N) is 1. The monoisotopic (exact) mass is 498 g/mol. The number of hydrogen-bond donors (Lipinski definition) is 2. The highest BCUT2D eigenvalue weighted by molar-refractivity contribution is 7.15. The number of piperidine rings is 1. The molecule has 3 atom stereocenters. The number of amides is 1. The lowest BCUT2D eigenvalue weighted by Crippen LogP contribution is -2.46. The first kappa shape index (κ1) is 24.2. The second-order valence-electron chi connectivity index (χ2n) is 9.48. The van der Waals surface area contributed by atoms with Crippen molar-refractivity contribution in [2.45, 2.75) is 25.3 Å². The fourth-order valence-corrected chi connectivity index (χ4v) is 6.17. The van der Waals surface area contributed by atoms with Crippen molar-refractivity contribution in [2.24, 2.45) is 5.92 Å². The van der Waals surface area contributed by atoms with E-state index in [1.807, 2.05) is 11.0 Å². The summed E-state index contributed by atoms with van der Waals surface area (Å²) in [6.45, 7) is 4.27. The van der Waals surface area contributed by atoms with Gasteiger partial charge in [0.1, 0.15) is 4.88 Å². The van der Waals surface area contributed by atoms with Crippen molar-refractivity contribution in [3.05, 3.63) is 106 Å². The lowest BCUT2D eigenvalue weighted by atomic mass is 9.80. The summed E-state index contributed by atoms with van der Waals surface area (Å²) in [5.74, 6) is -0.487. The van der Waals surface area contributed by atoms with Crippen LogP contribution >= 0.6 is 11.3 Å². The minimum Gasteiger partial charge on any atom is -0.477 e. The van der Waals surface area contributed by atoms with E-state index in [9.17, 15) is 14.7 Å². The van der Waals surface area contributed by atoms with E-state index >= 15 is 0 Å². The normalized spacial score (nSPS) is 18.8. The van der Waals surface area contributed by atoms with Gasteiger partial charge in [0.15, 0.2) is 0 Å². The summed E-state index contributed by atoms with van der Waals surface area (Å²) in [5.41, 5.74) is 2.58. The van der Waals surface area contributed by atoms with Gasteiger partial charge in [-0.2, -0.15) is 0 Å². The fraction of sp³-hybridized carbons (Fsp3) is 0.267. The lowest BCUT2D eigenvalue weighted by Gasteiger charge is -2.39. The third-order valence-corrected chi connectivity index (χ3v) is 8.31. The number of thiophene rings is 1. The summed E-state index contributed by atoms with van der Waals surface area (Å²) in [4.78, 5) is 27.1. The number of likely N-dealkylation sites (tertiary alicyclic amines) is 1. The molecule has 0 aliphatic carbocycles. The summed E-state index contributed by atoms with van der Waals surface area (Å²) < 4.78 is 0. The number of fused-ring (bicyclic) bond motifs is 1. The highest BCUT2D eigenvalue weighted by Crippen LogP contribution is 2.34. The largest absolute Gasteiger partial charge is 0.477 e. The van der Waals surface area contributed by atoms with E-state index in [-0.39, 0.29) is 22.7 Å². The van der Waals surface area contributed by atoms with Gasteiger partial charge >= 0.3 is 5.97 Å². The van der Waals surface area contributed by atoms with Crippen molar-refractivity contribution >= 4 is 34.0 Å². The SMILES string of the molecule is C[C@@H](NCC1CN(C(=O)c2ccc(C(=O)O)s2)CCC1c1ccccc1)c1cccc2ccccc12. The Labute approximate surface area is 215 Å². The quantitative estimate of drug-likeness (QED) is 0.318. The molecule has 36 heavy (non-hydrogen) atoms. The van der Waals surface area contributed by atoms with Gasteiger partial charge in [-0.05, 0) is 59.2 Å². The summed E-state index contributed by atoms with van der Waals surface area (Å²) in [5, 5.41) is 15.5. The van der Waals surface area contributed by atoms with E-state index in [1.54, 1.807) is 6.07 Å². The van der Waals surface area contributed by atoms with E-state index in [0.29, 0.717) is 23.9 Å². The predicted molar refractivity (Wildman–Crippen MR) is 145 cm³/mol. The summed E-state index contributed by atoms with van der Waals surface area (Å²) >= 11 is 1.05. The Morgan fingerprint density at radius 3 is 2.47 bits per heavy atom. The van der Waals surface area contributed by atoms with E-state index in [0.717, 1.165) is 24.3 Å². The van der Waals surface area contributed by atoms with Crippen molar-refractivity contribution in [2.75, 3.05) is 19.6 Å². The zero-order valence-corrected chi connectivity index (χ0v) is 21.1. The molecule has 184 valence electrons. The van der Waals surface area contributed by atoms with Gasteiger partial charge in [0.2, 0.25) is 0 Å². The molecule has 4 aromatic rings. The average Bonchev–Trinajstić information content (AvgIpc) is 3.42. The molecule has 0 bridgehead atoms. The van der Waals surface area contributed by atoms with Crippen molar-refractivity contribution < 1.29 is 14.7 Å². The molecule has 2 N–H and O–H groups in total. The minimum atomic E-state index is -0.994. The Kier molecular flexibility index (Phi) is 7.16. The maximum Gasteiger partial charge on any atom is 0.345 e. The molecule has 5 rings (SSSR count). The number of carbonyl (C=O) groups excluding carboxylic acids is 1. The first-order valence-corrected chi connectivity index (χ1v) is 13.2. The van der Waals surface area contributed by atoms with Gasteiger partial charge in [-0.3, -0.25) is 4.79 Å². The number of nitrogens with one attached hydrogen (secondary N) is 1. The van der Waals surface area contributed by atoms with Crippen LogP contribution in [0.4, 0.5) is 0 Å². The van der Waals surface area contributed by atoms with Crippen LogP contribution in [0.15, 0.2) is 84.9 Å². The van der Waals surface area contributed by atoms with Crippen LogP contribution in [-0.4, -0.2) is 41.5 Å². The van der Waals surface area contributed by atoms with Crippen LogP contribution in [0.1, 0.15) is 55.8 Å². The number of carboxylic acids is 1. The Hall–Kier alpha value is -3.48. The van der Waals surface area contributed by atoms with Crippen LogP contribution < -0.4 is 5.32 Å². The molecule has 1 aliphatic heterocycles. The number of benzene rings is 3. The van der Waals surface area contributed by atoms with Gasteiger partial charge in [0.05, 0.1) is 4.88 Å². The standard InChI is InChI=1S/C30H30N2O3S/c1-20(24-13-7-11-22-10-5-6-12-26(22)24)31-18-23-19-32(17-16-25(23)21-8-3-2-4-9-21)29(33)27-14-15-28(36-27)30(34)35/h2-15,20,23,25,31H,16-19H2,1H3,(H,34,35)/t20-,23?,25?/m1/s1. The summed E-state index contributed by atoms with van der Waals surface area (Å²) in [6, 6.07) is 28.8. The Morgan fingerprint density at radius 2 is 1.69 bits per heavy atom. The molecule has 0 radical (unpaired) electrons. The third kappa shape index (κ3) is 5.06. The van der Waals surface area contributed by atoms with Crippen LogP contribution in [0, 0.1) is 5.92 Å². The van der Waals surface area contributed by atoms with E-state index in [1.165, 1.54) is 28.0 Å². The first-order chi connectivity index (χ1) is 17.5. The van der Waals surface area contributed by atoms with Crippen LogP contribution in [-0.2, 0) is 0 Å². The molecule has 2 heterocycles. The molecule has 1 saturated heterocycles. The van der Waals surface area contributed by atoms with Crippen molar-refractivity contribution in [3.63, 3.8) is 0 Å². The molecule has 1 amide bonds. The highest BCUT2D eigenvalue weighted by atomic mass is 32.1. The van der Waals surface area contributed by atoms with Gasteiger partial charge in [-0.15, -0.1) is 11.3 Å². The van der Waals surface area contributed by atoms with E-state index in [2.05, 4.69) is 79.0 Å². The van der Waals surface area contributed by atoms with Crippen molar-refractivity contribution in [3.8, 4) is 0 Å². The topological polar surface area (TPSA) is 69.6 Å². The van der Waals surface area contributed by atoms with Crippen LogP contribution in [0.3, 0.4) is 0 Å². The van der Waals surface area contributed by atoms with Crippen LogP contribution in [0.2, 0.25) is 0 Å². The van der Waals surface area contributed by atoms with Crippen LogP contribution in [0.25, 0.3) is 10.8 Å². The van der Waals surface area contributed by atoms with Gasteiger partial charge in [0, 0.05) is 25.7 Å². The molecule has 0 saturated carbocycles. The molecule has 1 fully saturated rings. The predicted octanol–water partition coefficient (Wildman–Crippen LogP) is 6.20. The smallest absolute Gasteiger partial charge is 0.345 e. The zero-order chi connectivity index (χ0) is 25.1. The van der Waals surface area contributed by atoms with Crippen molar-refractivity contribution in [1.29, 1.82) is 0 Å². The Bertz CT molecular complexity index is 1360.